The number of nitrogens with two attached hydrogens (primary N) is 1. The Bertz CT molecular complexity index is 851. The van der Waals surface area contributed by atoms with Gasteiger partial charge in [-0.3, -0.25) is 14.5 Å². The Morgan fingerprint density at radius 3 is 2.64 bits per heavy atom. The second-order valence-electron chi connectivity index (χ2n) is 7.31. The molecular formula is C22H27N3O2S. The van der Waals surface area contributed by atoms with Gasteiger partial charge in [0.2, 0.25) is 5.91 Å². The first-order chi connectivity index (χ1) is 13.5. The second-order valence-corrected chi connectivity index (χ2v) is 8.19. The van der Waals surface area contributed by atoms with Crippen LogP contribution in [0.1, 0.15) is 34.3 Å². The normalized spacial score (nSPS) is 17.3. The molecule has 1 saturated heterocycles. The Hall–Kier alpha value is -2.31. The molecule has 6 heteroatoms. The summed E-state index contributed by atoms with van der Waals surface area (Å²) >= 11 is 1.62. The number of aryl methyl sites for hydroxylation is 1. The van der Waals surface area contributed by atoms with Gasteiger partial charge in [0.25, 0.3) is 5.91 Å². The van der Waals surface area contributed by atoms with Crippen LogP contribution in [-0.4, -0.2) is 36.1 Å². The topological polar surface area (TPSA) is 75.4 Å². The van der Waals surface area contributed by atoms with Crippen LogP contribution < -0.4 is 11.1 Å². The number of benzene rings is 2. The van der Waals surface area contributed by atoms with Gasteiger partial charge in [-0.15, -0.1) is 11.8 Å². The highest BCUT2D eigenvalue weighted by molar-refractivity contribution is 7.98. The van der Waals surface area contributed by atoms with Crippen molar-refractivity contribution in [2.75, 3.05) is 24.7 Å². The van der Waals surface area contributed by atoms with Crippen LogP contribution in [0.5, 0.6) is 0 Å². The van der Waals surface area contributed by atoms with Crippen molar-refractivity contribution in [2.45, 2.75) is 31.2 Å². The SMILES string of the molecule is CSc1ccc(C)c(C(=O)Nc2ccc(CN3CCCC(C(N)=O)C3)cc2)c1. The fraction of sp³-hybridized carbons (Fsp3) is 0.364. The average Bonchev–Trinajstić information content (AvgIpc) is 2.70. The van der Waals surface area contributed by atoms with Crippen molar-refractivity contribution in [1.82, 2.24) is 4.90 Å². The lowest BCUT2D eigenvalue weighted by Gasteiger charge is -2.31. The smallest absolute Gasteiger partial charge is 0.255 e. The number of thioether (sulfide) groups is 1. The number of nitrogens with zero attached hydrogens (tertiary/aromatic N) is 1. The number of carbonyl (C=O) groups excluding carboxylic acids is 2. The van der Waals surface area contributed by atoms with E-state index >= 15 is 0 Å². The summed E-state index contributed by atoms with van der Waals surface area (Å²) in [4.78, 5) is 27.4. The quantitative estimate of drug-likeness (QED) is 0.730. The third kappa shape index (κ3) is 5.14. The number of rotatable bonds is 6. The predicted octanol–water partition coefficient (Wildman–Crippen LogP) is 3.67. The minimum atomic E-state index is -0.205. The molecule has 0 aliphatic carbocycles. The van der Waals surface area contributed by atoms with Crippen molar-refractivity contribution < 1.29 is 9.59 Å². The molecule has 0 aromatic heterocycles. The molecule has 3 N–H and O–H groups in total. The van der Waals surface area contributed by atoms with Gasteiger partial charge in [0.1, 0.15) is 0 Å². The van der Waals surface area contributed by atoms with E-state index in [4.69, 9.17) is 5.73 Å². The molecule has 1 aliphatic rings. The number of nitrogens with one attached hydrogen (secondary N) is 1. The lowest BCUT2D eigenvalue weighted by atomic mass is 9.97. The fourth-order valence-corrected chi connectivity index (χ4v) is 3.99. The minimum Gasteiger partial charge on any atom is -0.369 e. The monoisotopic (exact) mass is 397 g/mol. The van der Waals surface area contributed by atoms with Crippen LogP contribution in [0.25, 0.3) is 0 Å². The highest BCUT2D eigenvalue weighted by Crippen LogP contribution is 2.22. The largest absolute Gasteiger partial charge is 0.369 e. The van der Waals surface area contributed by atoms with Gasteiger partial charge < -0.3 is 11.1 Å². The van der Waals surface area contributed by atoms with Gasteiger partial charge in [0.05, 0.1) is 5.92 Å². The van der Waals surface area contributed by atoms with E-state index in [-0.39, 0.29) is 17.7 Å². The van der Waals surface area contributed by atoms with Gasteiger partial charge in [0.15, 0.2) is 0 Å². The van der Waals surface area contributed by atoms with E-state index < -0.39 is 0 Å². The first kappa shape index (κ1) is 20.4. The third-order valence-corrected chi connectivity index (χ3v) is 5.94. The highest BCUT2D eigenvalue weighted by atomic mass is 32.2. The van der Waals surface area contributed by atoms with Gasteiger partial charge in [-0.25, -0.2) is 0 Å². The number of hydrogen-bond donors (Lipinski definition) is 2. The van der Waals surface area contributed by atoms with Crippen molar-refractivity contribution >= 4 is 29.3 Å². The maximum Gasteiger partial charge on any atom is 0.255 e. The molecule has 148 valence electrons. The molecule has 0 saturated carbocycles. The highest BCUT2D eigenvalue weighted by Gasteiger charge is 2.23. The maximum absolute atomic E-state index is 12.6. The molecule has 1 heterocycles. The van der Waals surface area contributed by atoms with Gasteiger partial charge in [0, 0.05) is 29.2 Å². The van der Waals surface area contributed by atoms with Crippen molar-refractivity contribution in [3.8, 4) is 0 Å². The van der Waals surface area contributed by atoms with Crippen molar-refractivity contribution in [2.24, 2.45) is 11.7 Å². The molecule has 1 unspecified atom stereocenters. The Kier molecular flexibility index (Phi) is 6.75. The summed E-state index contributed by atoms with van der Waals surface area (Å²) in [6.45, 7) is 4.43. The van der Waals surface area contributed by atoms with Crippen LogP contribution in [0, 0.1) is 12.8 Å². The maximum atomic E-state index is 12.6. The van der Waals surface area contributed by atoms with Crippen LogP contribution in [0.3, 0.4) is 0 Å². The van der Waals surface area contributed by atoms with Crippen molar-refractivity contribution in [1.29, 1.82) is 0 Å². The summed E-state index contributed by atoms with van der Waals surface area (Å²) in [5, 5.41) is 2.98. The standard InChI is InChI=1S/C22H27N3O2S/c1-15-5-10-19(28-2)12-20(15)22(27)24-18-8-6-16(7-9-18)13-25-11-3-4-17(14-25)21(23)26/h5-10,12,17H,3-4,11,13-14H2,1-2H3,(H2,23,26)(H,24,27). The van der Waals surface area contributed by atoms with E-state index in [0.29, 0.717) is 5.56 Å². The Balaban J connectivity index is 1.61. The number of amides is 2. The zero-order valence-electron chi connectivity index (χ0n) is 16.4. The van der Waals surface area contributed by atoms with Crippen molar-refractivity contribution in [3.63, 3.8) is 0 Å². The van der Waals surface area contributed by atoms with E-state index in [9.17, 15) is 9.59 Å². The van der Waals surface area contributed by atoms with Crippen LogP contribution in [0.15, 0.2) is 47.4 Å². The molecule has 28 heavy (non-hydrogen) atoms. The van der Waals surface area contributed by atoms with Crippen LogP contribution in [0.4, 0.5) is 5.69 Å². The fourth-order valence-electron chi connectivity index (χ4n) is 3.55. The van der Waals surface area contributed by atoms with Gasteiger partial charge >= 0.3 is 0 Å². The first-order valence-corrected chi connectivity index (χ1v) is 10.8. The van der Waals surface area contributed by atoms with Gasteiger partial charge in [-0.1, -0.05) is 18.2 Å². The van der Waals surface area contributed by atoms with Gasteiger partial charge in [-0.2, -0.15) is 0 Å². The first-order valence-electron chi connectivity index (χ1n) is 9.53. The molecule has 0 spiro atoms. The zero-order chi connectivity index (χ0) is 20.1. The molecule has 2 aromatic carbocycles. The van der Waals surface area contributed by atoms with E-state index in [1.54, 1.807) is 11.8 Å². The minimum absolute atomic E-state index is 0.0485. The summed E-state index contributed by atoms with van der Waals surface area (Å²) in [6, 6.07) is 13.8. The van der Waals surface area contributed by atoms with E-state index in [2.05, 4.69) is 10.2 Å². The molecule has 5 nitrogen and oxygen atoms in total. The molecule has 0 bridgehead atoms. The summed E-state index contributed by atoms with van der Waals surface area (Å²) in [5.74, 6) is -0.349. The number of primary amides is 1. The second kappa shape index (κ2) is 9.26. The lowest BCUT2D eigenvalue weighted by Crippen LogP contribution is -2.40. The summed E-state index contributed by atoms with van der Waals surface area (Å²) in [6.07, 6.45) is 3.88. The number of hydrogen-bond acceptors (Lipinski definition) is 4. The Labute approximate surface area is 170 Å². The Morgan fingerprint density at radius 1 is 1.21 bits per heavy atom. The molecule has 2 amide bonds. The predicted molar refractivity (Wildman–Crippen MR) is 115 cm³/mol. The zero-order valence-corrected chi connectivity index (χ0v) is 17.2. The molecule has 3 rings (SSSR count). The third-order valence-electron chi connectivity index (χ3n) is 5.22. The number of likely N-dealkylation sites (tertiary alicyclic amines) is 1. The molecule has 1 fully saturated rings. The number of anilines is 1. The molecule has 2 aromatic rings. The number of carbonyl (C=O) groups is 2. The summed E-state index contributed by atoms with van der Waals surface area (Å²) in [7, 11) is 0. The van der Waals surface area contributed by atoms with Crippen LogP contribution >= 0.6 is 11.8 Å². The molecule has 1 atom stereocenters. The van der Waals surface area contributed by atoms with Crippen LogP contribution in [-0.2, 0) is 11.3 Å². The lowest BCUT2D eigenvalue weighted by molar-refractivity contribution is -0.123. The van der Waals surface area contributed by atoms with E-state index in [1.807, 2.05) is 55.6 Å². The number of piperidine rings is 1. The molecular weight excluding hydrogens is 370 g/mol. The van der Waals surface area contributed by atoms with Gasteiger partial charge in [-0.05, 0) is 68.0 Å². The summed E-state index contributed by atoms with van der Waals surface area (Å²) < 4.78 is 0. The van der Waals surface area contributed by atoms with E-state index in [0.717, 1.165) is 54.2 Å². The summed E-state index contributed by atoms with van der Waals surface area (Å²) in [5.41, 5.74) is 9.04. The van der Waals surface area contributed by atoms with Crippen molar-refractivity contribution in [3.05, 3.63) is 59.2 Å². The molecule has 1 aliphatic heterocycles. The average molecular weight is 398 g/mol. The van der Waals surface area contributed by atoms with Crippen LogP contribution in [0.2, 0.25) is 0 Å². The Morgan fingerprint density at radius 2 is 1.96 bits per heavy atom. The van der Waals surface area contributed by atoms with E-state index in [1.165, 1.54) is 0 Å². The molecule has 0 radical (unpaired) electrons.